The van der Waals surface area contributed by atoms with Crippen molar-refractivity contribution in [1.82, 2.24) is 10.2 Å². The number of piperazine rings is 1. The van der Waals surface area contributed by atoms with Gasteiger partial charge < -0.3 is 10.2 Å². The number of hydrogen-bond acceptors (Lipinski definition) is 2. The summed E-state index contributed by atoms with van der Waals surface area (Å²) in [6.07, 6.45) is -4.43. The van der Waals surface area contributed by atoms with Crippen LogP contribution >= 0.6 is 0 Å². The summed E-state index contributed by atoms with van der Waals surface area (Å²) in [7, 11) is 0. The summed E-state index contributed by atoms with van der Waals surface area (Å²) in [6.45, 7) is 2.76. The molecule has 14 heavy (non-hydrogen) atoms. The summed E-state index contributed by atoms with van der Waals surface area (Å²) < 4.78 is 36.6. The molecule has 1 unspecified atom stereocenters. The van der Waals surface area contributed by atoms with Crippen LogP contribution in [0.25, 0.3) is 0 Å². The average molecular weight is 210 g/mol. The molecule has 0 bridgehead atoms. The van der Waals surface area contributed by atoms with Crippen molar-refractivity contribution >= 4 is 5.91 Å². The van der Waals surface area contributed by atoms with E-state index in [1.165, 1.54) is 4.90 Å². The Hall–Kier alpha value is -0.780. The maximum Gasteiger partial charge on any atom is 0.400 e. The molecule has 0 spiro atoms. The molecule has 0 aromatic rings. The Labute approximate surface area is 80.3 Å². The summed E-state index contributed by atoms with van der Waals surface area (Å²) in [5.41, 5.74) is 0. The summed E-state index contributed by atoms with van der Waals surface area (Å²) in [6, 6.07) is 0. The number of nitrogens with one attached hydrogen (secondary N) is 1. The molecule has 0 saturated carbocycles. The number of amides is 1. The first-order valence-electron chi connectivity index (χ1n) is 4.49. The van der Waals surface area contributed by atoms with Crippen molar-refractivity contribution < 1.29 is 18.0 Å². The quantitative estimate of drug-likeness (QED) is 0.688. The standard InChI is InChI=1S/C8H13F3N2O/c1-6(8(9,10)11)7(14)13-4-2-12-3-5-13/h6,12H,2-5H2,1H3. The molecule has 1 N–H and O–H groups in total. The van der Waals surface area contributed by atoms with E-state index in [0.717, 1.165) is 6.92 Å². The smallest absolute Gasteiger partial charge is 0.340 e. The highest BCUT2D eigenvalue weighted by Crippen LogP contribution is 2.27. The van der Waals surface area contributed by atoms with Crippen molar-refractivity contribution in [2.45, 2.75) is 13.1 Å². The van der Waals surface area contributed by atoms with E-state index >= 15 is 0 Å². The minimum absolute atomic E-state index is 0.360. The van der Waals surface area contributed by atoms with Crippen LogP contribution in [0, 0.1) is 5.92 Å². The topological polar surface area (TPSA) is 32.3 Å². The number of halogens is 3. The van der Waals surface area contributed by atoms with Crippen molar-refractivity contribution in [3.63, 3.8) is 0 Å². The number of hydrogen-bond donors (Lipinski definition) is 1. The van der Waals surface area contributed by atoms with Gasteiger partial charge in [0.2, 0.25) is 5.91 Å². The summed E-state index contributed by atoms with van der Waals surface area (Å²) in [4.78, 5) is 12.6. The maximum atomic E-state index is 12.2. The second kappa shape index (κ2) is 4.16. The van der Waals surface area contributed by atoms with Crippen LogP contribution in [0.15, 0.2) is 0 Å². The largest absolute Gasteiger partial charge is 0.400 e. The summed E-state index contributed by atoms with van der Waals surface area (Å²) in [5.74, 6) is -2.71. The molecule has 0 radical (unpaired) electrons. The first kappa shape index (κ1) is 11.3. The van der Waals surface area contributed by atoms with Crippen LogP contribution in [0.5, 0.6) is 0 Å². The Morgan fingerprint density at radius 1 is 1.36 bits per heavy atom. The highest BCUT2D eigenvalue weighted by atomic mass is 19.4. The van der Waals surface area contributed by atoms with E-state index in [2.05, 4.69) is 5.32 Å². The third-order valence-electron chi connectivity index (χ3n) is 2.29. The molecule has 82 valence electrons. The van der Waals surface area contributed by atoms with Gasteiger partial charge in [-0.2, -0.15) is 13.2 Å². The zero-order valence-electron chi connectivity index (χ0n) is 7.90. The lowest BCUT2D eigenvalue weighted by molar-refractivity contribution is -0.185. The molecule has 1 amide bonds. The molecular formula is C8H13F3N2O. The molecule has 1 aliphatic rings. The number of alkyl halides is 3. The van der Waals surface area contributed by atoms with E-state index in [-0.39, 0.29) is 0 Å². The molecule has 0 aromatic heterocycles. The van der Waals surface area contributed by atoms with Gasteiger partial charge in [-0.15, -0.1) is 0 Å². The molecule has 1 fully saturated rings. The van der Waals surface area contributed by atoms with Gasteiger partial charge in [0, 0.05) is 26.2 Å². The predicted molar refractivity (Wildman–Crippen MR) is 44.7 cm³/mol. The van der Waals surface area contributed by atoms with Gasteiger partial charge in [0.05, 0.1) is 0 Å². The van der Waals surface area contributed by atoms with Crippen LogP contribution < -0.4 is 5.32 Å². The normalized spacial score (nSPS) is 20.7. The van der Waals surface area contributed by atoms with E-state index in [1.807, 2.05) is 0 Å². The number of carbonyl (C=O) groups is 1. The van der Waals surface area contributed by atoms with Gasteiger partial charge in [-0.25, -0.2) is 0 Å². The van der Waals surface area contributed by atoms with Crippen LogP contribution in [0.3, 0.4) is 0 Å². The molecule has 1 rings (SSSR count). The van der Waals surface area contributed by atoms with E-state index in [9.17, 15) is 18.0 Å². The lowest BCUT2D eigenvalue weighted by Crippen LogP contribution is -2.50. The molecular weight excluding hydrogens is 197 g/mol. The van der Waals surface area contributed by atoms with Crippen LogP contribution in [0.1, 0.15) is 6.92 Å². The first-order valence-corrected chi connectivity index (χ1v) is 4.49. The Morgan fingerprint density at radius 2 is 1.86 bits per heavy atom. The molecule has 1 saturated heterocycles. The van der Waals surface area contributed by atoms with Crippen LogP contribution in [0.4, 0.5) is 13.2 Å². The van der Waals surface area contributed by atoms with E-state index < -0.39 is 18.0 Å². The van der Waals surface area contributed by atoms with Gasteiger partial charge in [0.1, 0.15) is 5.92 Å². The van der Waals surface area contributed by atoms with E-state index in [1.54, 1.807) is 0 Å². The Morgan fingerprint density at radius 3 is 2.29 bits per heavy atom. The third kappa shape index (κ3) is 2.60. The molecule has 1 atom stereocenters. The number of carbonyl (C=O) groups excluding carboxylic acids is 1. The lowest BCUT2D eigenvalue weighted by Gasteiger charge is -2.30. The SMILES string of the molecule is CC(C(=O)N1CCNCC1)C(F)(F)F. The van der Waals surface area contributed by atoms with E-state index in [0.29, 0.717) is 26.2 Å². The molecule has 3 nitrogen and oxygen atoms in total. The average Bonchev–Trinajstić information content (AvgIpc) is 2.15. The fourth-order valence-corrected chi connectivity index (χ4v) is 1.30. The van der Waals surface area contributed by atoms with Crippen LogP contribution in [-0.4, -0.2) is 43.2 Å². The van der Waals surface area contributed by atoms with Gasteiger partial charge in [-0.05, 0) is 6.92 Å². The zero-order chi connectivity index (χ0) is 10.8. The Bertz CT molecular complexity index is 211. The van der Waals surface area contributed by atoms with Crippen molar-refractivity contribution in [2.75, 3.05) is 26.2 Å². The minimum atomic E-state index is -4.43. The maximum absolute atomic E-state index is 12.2. The second-order valence-electron chi connectivity index (χ2n) is 3.34. The van der Waals surface area contributed by atoms with Crippen LogP contribution in [-0.2, 0) is 4.79 Å². The van der Waals surface area contributed by atoms with Crippen molar-refractivity contribution in [1.29, 1.82) is 0 Å². The highest BCUT2D eigenvalue weighted by Gasteiger charge is 2.42. The van der Waals surface area contributed by atoms with Gasteiger partial charge in [0.15, 0.2) is 0 Å². The van der Waals surface area contributed by atoms with Crippen molar-refractivity contribution in [3.05, 3.63) is 0 Å². The highest BCUT2D eigenvalue weighted by molar-refractivity contribution is 5.79. The Balaban J connectivity index is 2.55. The number of rotatable bonds is 1. The third-order valence-corrected chi connectivity index (χ3v) is 2.29. The second-order valence-corrected chi connectivity index (χ2v) is 3.34. The first-order chi connectivity index (χ1) is 6.43. The molecule has 1 heterocycles. The molecule has 1 aliphatic heterocycles. The minimum Gasteiger partial charge on any atom is -0.340 e. The number of nitrogens with zero attached hydrogens (tertiary/aromatic N) is 1. The molecule has 0 aliphatic carbocycles. The fourth-order valence-electron chi connectivity index (χ4n) is 1.30. The summed E-state index contributed by atoms with van der Waals surface area (Å²) in [5, 5.41) is 2.97. The molecule has 0 aromatic carbocycles. The van der Waals surface area contributed by atoms with Crippen LogP contribution in [0.2, 0.25) is 0 Å². The summed E-state index contributed by atoms with van der Waals surface area (Å²) >= 11 is 0. The van der Waals surface area contributed by atoms with Crippen molar-refractivity contribution in [3.8, 4) is 0 Å². The van der Waals surface area contributed by atoms with E-state index in [4.69, 9.17) is 0 Å². The lowest BCUT2D eigenvalue weighted by atomic mass is 10.1. The van der Waals surface area contributed by atoms with Gasteiger partial charge in [-0.3, -0.25) is 4.79 Å². The van der Waals surface area contributed by atoms with Gasteiger partial charge >= 0.3 is 6.18 Å². The monoisotopic (exact) mass is 210 g/mol. The zero-order valence-corrected chi connectivity index (χ0v) is 7.90. The fraction of sp³-hybridized carbons (Fsp3) is 0.875. The van der Waals surface area contributed by atoms with Gasteiger partial charge in [-0.1, -0.05) is 0 Å². The molecule has 6 heteroatoms. The van der Waals surface area contributed by atoms with Crippen molar-refractivity contribution in [2.24, 2.45) is 5.92 Å². The predicted octanol–water partition coefficient (Wildman–Crippen LogP) is 0.617. The Kier molecular flexibility index (Phi) is 3.36. The van der Waals surface area contributed by atoms with Gasteiger partial charge in [0.25, 0.3) is 0 Å².